The van der Waals surface area contributed by atoms with E-state index in [1.54, 1.807) is 0 Å². The van der Waals surface area contributed by atoms with E-state index in [2.05, 4.69) is 10.2 Å². The topological polar surface area (TPSA) is 78.4 Å². The summed E-state index contributed by atoms with van der Waals surface area (Å²) in [6.07, 6.45) is -0.812. The van der Waals surface area contributed by atoms with Crippen molar-refractivity contribution in [2.24, 2.45) is 0 Å². The SMILES string of the molecule is CC(=O)OC1C(C)N(C)C[N+]1([O-])c1nnc(C(C)(C)C)s1. The van der Waals surface area contributed by atoms with E-state index in [4.69, 9.17) is 4.74 Å². The number of carbonyl (C=O) groups excluding carboxylic acids is 1. The van der Waals surface area contributed by atoms with Crippen LogP contribution in [0.1, 0.15) is 39.6 Å². The molecule has 3 unspecified atom stereocenters. The molecular weight excluding hydrogens is 292 g/mol. The molecule has 0 aliphatic carbocycles. The Hall–Kier alpha value is -1.09. The highest BCUT2D eigenvalue weighted by molar-refractivity contribution is 7.15. The van der Waals surface area contributed by atoms with Crippen LogP contribution in [0.5, 0.6) is 0 Å². The van der Waals surface area contributed by atoms with Crippen LogP contribution < -0.4 is 4.65 Å². The average Bonchev–Trinajstić information content (AvgIpc) is 2.90. The van der Waals surface area contributed by atoms with Gasteiger partial charge in [0.15, 0.2) is 0 Å². The first-order valence-electron chi connectivity index (χ1n) is 6.86. The maximum atomic E-state index is 13.3. The van der Waals surface area contributed by atoms with Gasteiger partial charge in [-0.3, -0.25) is 9.44 Å². The minimum absolute atomic E-state index is 0.163. The quantitative estimate of drug-likeness (QED) is 0.471. The van der Waals surface area contributed by atoms with Crippen molar-refractivity contribution in [1.29, 1.82) is 0 Å². The number of ether oxygens (including phenoxy) is 1. The van der Waals surface area contributed by atoms with Crippen molar-refractivity contribution in [2.45, 2.75) is 52.3 Å². The van der Waals surface area contributed by atoms with E-state index in [1.807, 2.05) is 39.6 Å². The van der Waals surface area contributed by atoms with Gasteiger partial charge in [0, 0.05) is 12.3 Å². The first kappa shape index (κ1) is 16.3. The Morgan fingerprint density at radius 1 is 1.48 bits per heavy atom. The molecule has 21 heavy (non-hydrogen) atoms. The molecule has 8 heteroatoms. The summed E-state index contributed by atoms with van der Waals surface area (Å²) in [5.41, 5.74) is -0.163. The molecule has 1 fully saturated rings. The fourth-order valence-electron chi connectivity index (χ4n) is 2.30. The van der Waals surface area contributed by atoms with Crippen molar-refractivity contribution in [3.8, 4) is 0 Å². The largest absolute Gasteiger partial charge is 0.622 e. The number of nitrogens with zero attached hydrogens (tertiary/aromatic N) is 4. The number of carbonyl (C=O) groups is 1. The molecule has 1 saturated heterocycles. The van der Waals surface area contributed by atoms with Gasteiger partial charge in [0.05, 0.1) is 0 Å². The highest BCUT2D eigenvalue weighted by Crippen LogP contribution is 2.39. The van der Waals surface area contributed by atoms with Crippen molar-refractivity contribution >= 4 is 22.4 Å². The number of aromatic nitrogens is 2. The van der Waals surface area contributed by atoms with Crippen LogP contribution in [0.15, 0.2) is 0 Å². The lowest BCUT2D eigenvalue weighted by atomic mass is 9.98. The van der Waals surface area contributed by atoms with Crippen molar-refractivity contribution in [3.63, 3.8) is 0 Å². The second-order valence-electron chi connectivity index (χ2n) is 6.57. The highest BCUT2D eigenvalue weighted by atomic mass is 32.1. The van der Waals surface area contributed by atoms with Gasteiger partial charge in [0.1, 0.15) is 17.7 Å². The van der Waals surface area contributed by atoms with Crippen LogP contribution in [-0.4, -0.2) is 47.1 Å². The van der Waals surface area contributed by atoms with E-state index >= 15 is 0 Å². The molecule has 7 nitrogen and oxygen atoms in total. The average molecular weight is 314 g/mol. The molecular formula is C13H22N4O3S. The lowest BCUT2D eigenvalue weighted by Gasteiger charge is -2.38. The number of quaternary nitrogens is 1. The Bertz CT molecular complexity index is 542. The monoisotopic (exact) mass is 314 g/mol. The third-order valence-corrected chi connectivity index (χ3v) is 5.08. The molecule has 0 radical (unpaired) electrons. The Labute approximate surface area is 128 Å². The van der Waals surface area contributed by atoms with Gasteiger partial charge in [-0.25, -0.2) is 4.90 Å². The standard InChI is InChI=1S/C13H22N4O3S/c1-8-10(20-9(2)18)17(19,7-16(8)6)12-15-14-11(21-12)13(3,4)5/h8,10H,7H2,1-6H3. The lowest BCUT2D eigenvalue weighted by molar-refractivity contribution is -0.152. The van der Waals surface area contributed by atoms with Crippen LogP contribution in [0.2, 0.25) is 0 Å². The summed E-state index contributed by atoms with van der Waals surface area (Å²) in [6.45, 7) is 9.45. The fourth-order valence-corrected chi connectivity index (χ4v) is 3.26. The fraction of sp³-hybridized carbons (Fsp3) is 0.769. The summed E-state index contributed by atoms with van der Waals surface area (Å²) in [5.74, 6) is -0.457. The van der Waals surface area contributed by atoms with Crippen molar-refractivity contribution in [3.05, 3.63) is 10.2 Å². The van der Waals surface area contributed by atoms with Crippen LogP contribution in [-0.2, 0) is 14.9 Å². The van der Waals surface area contributed by atoms with Crippen LogP contribution in [0, 0.1) is 5.21 Å². The smallest absolute Gasteiger partial charge is 0.310 e. The van der Waals surface area contributed by atoms with Crippen molar-refractivity contribution < 1.29 is 9.53 Å². The summed E-state index contributed by atoms with van der Waals surface area (Å²) in [4.78, 5) is 13.2. The van der Waals surface area contributed by atoms with Gasteiger partial charge in [-0.15, -0.1) is 5.10 Å². The molecule has 1 aliphatic rings. The van der Waals surface area contributed by atoms with E-state index in [0.717, 1.165) is 5.01 Å². The summed E-state index contributed by atoms with van der Waals surface area (Å²) in [5, 5.41) is 22.6. The molecule has 1 aliphatic heterocycles. The molecule has 0 saturated carbocycles. The zero-order chi connectivity index (χ0) is 16.0. The van der Waals surface area contributed by atoms with Gasteiger partial charge in [-0.1, -0.05) is 25.9 Å². The van der Waals surface area contributed by atoms with Crippen LogP contribution in [0.3, 0.4) is 0 Å². The Kier molecular flexibility index (Phi) is 4.09. The minimum Gasteiger partial charge on any atom is -0.622 e. The molecule has 0 spiro atoms. The van der Waals surface area contributed by atoms with Gasteiger partial charge in [-0.05, 0) is 25.3 Å². The molecule has 0 aromatic carbocycles. The molecule has 1 aromatic rings. The molecule has 0 N–H and O–H groups in total. The van der Waals surface area contributed by atoms with Gasteiger partial charge >= 0.3 is 11.1 Å². The third-order valence-electron chi connectivity index (χ3n) is 3.62. The number of hydrogen-bond acceptors (Lipinski definition) is 7. The van der Waals surface area contributed by atoms with Gasteiger partial charge in [0.2, 0.25) is 0 Å². The van der Waals surface area contributed by atoms with Crippen LogP contribution >= 0.6 is 11.3 Å². The lowest BCUT2D eigenvalue weighted by Crippen LogP contribution is -2.52. The predicted octanol–water partition coefficient (Wildman–Crippen LogP) is 1.82. The molecule has 1 aromatic heterocycles. The van der Waals surface area contributed by atoms with Gasteiger partial charge < -0.3 is 9.94 Å². The van der Waals surface area contributed by atoms with Crippen molar-refractivity contribution in [2.75, 3.05) is 13.7 Å². The molecule has 118 valence electrons. The van der Waals surface area contributed by atoms with E-state index < -0.39 is 16.8 Å². The highest BCUT2D eigenvalue weighted by Gasteiger charge is 2.50. The summed E-state index contributed by atoms with van der Waals surface area (Å²) in [7, 11) is 1.84. The van der Waals surface area contributed by atoms with Crippen molar-refractivity contribution in [1.82, 2.24) is 19.7 Å². The summed E-state index contributed by atoms with van der Waals surface area (Å²) < 4.78 is 4.49. The zero-order valence-corrected chi connectivity index (χ0v) is 14.1. The molecule has 2 rings (SSSR count). The van der Waals surface area contributed by atoms with Crippen LogP contribution in [0.4, 0.5) is 5.13 Å². The van der Waals surface area contributed by atoms with E-state index in [1.165, 1.54) is 18.3 Å². The number of esters is 1. The zero-order valence-electron chi connectivity index (χ0n) is 13.3. The maximum absolute atomic E-state index is 13.3. The summed E-state index contributed by atoms with van der Waals surface area (Å²) in [6, 6.07) is -0.173. The third kappa shape index (κ3) is 2.94. The van der Waals surface area contributed by atoms with Gasteiger partial charge in [0.25, 0.3) is 6.23 Å². The first-order chi connectivity index (χ1) is 9.55. The van der Waals surface area contributed by atoms with Gasteiger partial charge in [-0.2, -0.15) is 0 Å². The Balaban J connectivity index is 2.38. The van der Waals surface area contributed by atoms with E-state index in [-0.39, 0.29) is 18.1 Å². The normalized spacial score (nSPS) is 30.6. The second kappa shape index (κ2) is 5.28. The maximum Gasteiger partial charge on any atom is 0.310 e. The Morgan fingerprint density at radius 2 is 2.10 bits per heavy atom. The van der Waals surface area contributed by atoms with Crippen LogP contribution in [0.25, 0.3) is 0 Å². The summed E-state index contributed by atoms with van der Waals surface area (Å²) >= 11 is 1.29. The second-order valence-corrected chi connectivity index (χ2v) is 7.53. The Morgan fingerprint density at radius 3 is 2.57 bits per heavy atom. The number of hydrogen-bond donors (Lipinski definition) is 0. The molecule has 0 amide bonds. The molecule has 3 atom stereocenters. The first-order valence-corrected chi connectivity index (χ1v) is 7.68. The number of rotatable bonds is 2. The minimum atomic E-state index is -0.812. The number of likely N-dealkylation sites (N-methyl/N-ethyl adjacent to an activating group) is 1. The number of hydroxylamine groups is 2. The van der Waals surface area contributed by atoms with E-state index in [9.17, 15) is 10.0 Å². The molecule has 2 heterocycles. The molecule has 0 bridgehead atoms. The predicted molar refractivity (Wildman–Crippen MR) is 81.4 cm³/mol. The van der Waals surface area contributed by atoms with E-state index in [0.29, 0.717) is 5.13 Å².